The van der Waals surface area contributed by atoms with Gasteiger partial charge in [0, 0.05) is 0 Å². The normalized spacial score (nSPS) is 15.1. The Labute approximate surface area is 82.2 Å². The number of hydroxylamine groups is 1. The Hall–Kier alpha value is -1.49. The SMILES string of the molecule is CCB1Oc2ccccc2C(=O)N1O. The Bertz CT molecular complexity index is 369. The van der Waals surface area contributed by atoms with Gasteiger partial charge in [-0.15, -0.1) is 0 Å². The van der Waals surface area contributed by atoms with Gasteiger partial charge in [-0.25, -0.2) is 4.97 Å². The number of carbonyl (C=O) groups is 1. The standard InChI is InChI=1S/C9H10BNO3/c1-2-10-11(13)9(12)7-5-3-4-6-8(7)14-10/h3-6,13H,2H2,1H3. The van der Waals surface area contributed by atoms with Crippen molar-refractivity contribution in [3.05, 3.63) is 29.8 Å². The van der Waals surface area contributed by atoms with E-state index in [0.717, 1.165) is 0 Å². The third-order valence-corrected chi connectivity index (χ3v) is 2.21. The van der Waals surface area contributed by atoms with Gasteiger partial charge in [0.1, 0.15) is 5.75 Å². The molecule has 0 aromatic heterocycles. The second-order valence-corrected chi connectivity index (χ2v) is 3.13. The molecule has 1 aliphatic rings. The molecule has 0 aliphatic carbocycles. The summed E-state index contributed by atoms with van der Waals surface area (Å²) in [4.78, 5) is 12.2. The first-order valence-corrected chi connectivity index (χ1v) is 4.52. The van der Waals surface area contributed by atoms with Crippen LogP contribution in [0.25, 0.3) is 0 Å². The van der Waals surface area contributed by atoms with E-state index in [-0.39, 0.29) is 0 Å². The summed E-state index contributed by atoms with van der Waals surface area (Å²) in [5.74, 6) is 0.133. The second-order valence-electron chi connectivity index (χ2n) is 3.13. The van der Waals surface area contributed by atoms with Gasteiger partial charge >= 0.3 is 7.05 Å². The van der Waals surface area contributed by atoms with Gasteiger partial charge in [-0.3, -0.25) is 10.0 Å². The van der Waals surface area contributed by atoms with Crippen LogP contribution in [0.15, 0.2) is 24.3 Å². The monoisotopic (exact) mass is 191 g/mol. The highest BCUT2D eigenvalue weighted by molar-refractivity contribution is 6.54. The zero-order valence-electron chi connectivity index (χ0n) is 7.80. The Morgan fingerprint density at radius 2 is 2.21 bits per heavy atom. The number of benzene rings is 1. The van der Waals surface area contributed by atoms with Crippen molar-refractivity contribution < 1.29 is 14.7 Å². The topological polar surface area (TPSA) is 49.8 Å². The van der Waals surface area contributed by atoms with Gasteiger partial charge in [-0.1, -0.05) is 19.1 Å². The minimum absolute atomic E-state index is 0.403. The number of amides is 1. The lowest BCUT2D eigenvalue weighted by molar-refractivity contribution is -0.00911. The van der Waals surface area contributed by atoms with Gasteiger partial charge in [-0.05, 0) is 18.5 Å². The Balaban J connectivity index is 2.42. The number of nitrogens with zero attached hydrogens (tertiary/aromatic N) is 1. The smallest absolute Gasteiger partial charge is 0.510 e. The van der Waals surface area contributed by atoms with E-state index in [2.05, 4.69) is 0 Å². The molecule has 0 radical (unpaired) electrons. The zero-order chi connectivity index (χ0) is 10.1. The first-order chi connectivity index (χ1) is 6.74. The van der Waals surface area contributed by atoms with Gasteiger partial charge in [0.05, 0.1) is 5.56 Å². The molecule has 1 amide bonds. The molecule has 0 saturated heterocycles. The van der Waals surface area contributed by atoms with E-state index >= 15 is 0 Å². The lowest BCUT2D eigenvalue weighted by atomic mass is 9.76. The van der Waals surface area contributed by atoms with Crippen molar-refractivity contribution in [1.29, 1.82) is 0 Å². The summed E-state index contributed by atoms with van der Waals surface area (Å²) in [7, 11) is -0.572. The molecule has 0 atom stereocenters. The molecule has 1 aromatic carbocycles. The number of hydrogen-bond donors (Lipinski definition) is 1. The highest BCUT2D eigenvalue weighted by Crippen LogP contribution is 2.25. The van der Waals surface area contributed by atoms with Crippen LogP contribution >= 0.6 is 0 Å². The third kappa shape index (κ3) is 1.26. The first kappa shape index (κ1) is 9.08. The van der Waals surface area contributed by atoms with Gasteiger partial charge in [0.15, 0.2) is 0 Å². The van der Waals surface area contributed by atoms with Crippen LogP contribution in [0.5, 0.6) is 5.75 Å². The van der Waals surface area contributed by atoms with Gasteiger partial charge in [0.2, 0.25) is 0 Å². The molecule has 1 aliphatic heterocycles. The number of fused-ring (bicyclic) bond motifs is 1. The van der Waals surface area contributed by atoms with Crippen molar-refractivity contribution in [3.63, 3.8) is 0 Å². The minimum atomic E-state index is -0.572. The van der Waals surface area contributed by atoms with Crippen molar-refractivity contribution in [3.8, 4) is 5.75 Å². The maximum atomic E-state index is 11.6. The summed E-state index contributed by atoms with van der Waals surface area (Å²) >= 11 is 0. The van der Waals surface area contributed by atoms with Crippen LogP contribution < -0.4 is 4.65 Å². The Morgan fingerprint density at radius 3 is 2.93 bits per heavy atom. The molecule has 14 heavy (non-hydrogen) atoms. The minimum Gasteiger partial charge on any atom is -0.539 e. The average molecular weight is 191 g/mol. The lowest BCUT2D eigenvalue weighted by Gasteiger charge is -2.28. The highest BCUT2D eigenvalue weighted by Gasteiger charge is 2.36. The van der Waals surface area contributed by atoms with Gasteiger partial charge in [-0.2, -0.15) is 0 Å². The van der Waals surface area contributed by atoms with Crippen molar-refractivity contribution in [2.24, 2.45) is 0 Å². The maximum absolute atomic E-state index is 11.6. The Kier molecular flexibility index (Phi) is 2.17. The van der Waals surface area contributed by atoms with E-state index in [1.165, 1.54) is 0 Å². The fourth-order valence-corrected chi connectivity index (χ4v) is 1.45. The summed E-state index contributed by atoms with van der Waals surface area (Å²) in [5.41, 5.74) is 0.403. The number of carbonyl (C=O) groups excluding carboxylic acids is 1. The van der Waals surface area contributed by atoms with Gasteiger partial charge < -0.3 is 4.65 Å². The summed E-state index contributed by atoms with van der Waals surface area (Å²) in [6.07, 6.45) is 0.552. The molecule has 1 heterocycles. The second kappa shape index (κ2) is 3.34. The molecule has 4 nitrogen and oxygen atoms in total. The average Bonchev–Trinajstić information content (AvgIpc) is 2.23. The van der Waals surface area contributed by atoms with Crippen LogP contribution in [-0.2, 0) is 0 Å². The van der Waals surface area contributed by atoms with Crippen molar-refractivity contribution >= 4 is 13.0 Å². The predicted octanol–water partition coefficient (Wildman–Crippen LogP) is 1.42. The molecule has 5 heteroatoms. The van der Waals surface area contributed by atoms with E-state index in [9.17, 15) is 10.0 Å². The van der Waals surface area contributed by atoms with E-state index in [4.69, 9.17) is 4.65 Å². The van der Waals surface area contributed by atoms with Crippen LogP contribution in [0.2, 0.25) is 6.32 Å². The molecule has 2 rings (SSSR count). The molecule has 0 spiro atoms. The van der Waals surface area contributed by atoms with Crippen LogP contribution in [0.1, 0.15) is 17.3 Å². The summed E-state index contributed by atoms with van der Waals surface area (Å²) in [6.45, 7) is 1.84. The van der Waals surface area contributed by atoms with Crippen molar-refractivity contribution in [2.75, 3.05) is 0 Å². The predicted molar refractivity (Wildman–Crippen MR) is 51.3 cm³/mol. The summed E-state index contributed by atoms with van der Waals surface area (Å²) < 4.78 is 5.42. The summed E-state index contributed by atoms with van der Waals surface area (Å²) in [5, 5.41) is 9.44. The van der Waals surface area contributed by atoms with E-state index in [1.807, 2.05) is 6.92 Å². The fraction of sp³-hybridized carbons (Fsp3) is 0.222. The lowest BCUT2D eigenvalue weighted by Crippen LogP contribution is -2.48. The Morgan fingerprint density at radius 1 is 1.50 bits per heavy atom. The van der Waals surface area contributed by atoms with E-state index < -0.39 is 13.0 Å². The van der Waals surface area contributed by atoms with Crippen LogP contribution in [0.3, 0.4) is 0 Å². The number of para-hydroxylation sites is 1. The fourth-order valence-electron chi connectivity index (χ4n) is 1.45. The third-order valence-electron chi connectivity index (χ3n) is 2.21. The van der Waals surface area contributed by atoms with Crippen molar-refractivity contribution in [1.82, 2.24) is 4.97 Å². The molecule has 0 bridgehead atoms. The van der Waals surface area contributed by atoms with Gasteiger partial charge in [0.25, 0.3) is 5.91 Å². The van der Waals surface area contributed by atoms with E-state index in [0.29, 0.717) is 22.6 Å². The number of rotatable bonds is 1. The molecule has 72 valence electrons. The highest BCUT2D eigenvalue weighted by atomic mass is 16.6. The largest absolute Gasteiger partial charge is 0.539 e. The zero-order valence-corrected chi connectivity index (χ0v) is 7.80. The van der Waals surface area contributed by atoms with Crippen LogP contribution in [0, 0.1) is 0 Å². The molecule has 0 unspecified atom stereocenters. The van der Waals surface area contributed by atoms with Crippen LogP contribution in [0.4, 0.5) is 0 Å². The molecule has 0 saturated carbocycles. The molecule has 1 aromatic rings. The molecular formula is C9H10BNO3. The quantitative estimate of drug-likeness (QED) is 0.539. The maximum Gasteiger partial charge on any atom is 0.510 e. The molecular weight excluding hydrogens is 181 g/mol. The number of hydrogen-bond acceptors (Lipinski definition) is 3. The first-order valence-electron chi connectivity index (χ1n) is 4.52. The molecule has 0 fully saturated rings. The van der Waals surface area contributed by atoms with Crippen molar-refractivity contribution in [2.45, 2.75) is 13.2 Å². The summed E-state index contributed by atoms with van der Waals surface area (Å²) in [6, 6.07) is 6.89. The van der Waals surface area contributed by atoms with E-state index in [1.54, 1.807) is 24.3 Å². The van der Waals surface area contributed by atoms with Crippen LogP contribution in [-0.4, -0.2) is 23.1 Å². The molecule has 1 N–H and O–H groups in total.